The number of hydrogen-bond donors (Lipinski definition) is 2. The Morgan fingerprint density at radius 1 is 1.50 bits per heavy atom. The lowest BCUT2D eigenvalue weighted by atomic mass is 10.3. The number of nitrogens with zero attached hydrogens (tertiary/aromatic N) is 3. The molecule has 0 saturated heterocycles. The number of aromatic amines is 1. The third-order valence-corrected chi connectivity index (χ3v) is 1.97. The number of aromatic nitrogens is 3. The minimum Gasteiger partial charge on any atom is -0.481 e. The fourth-order valence-corrected chi connectivity index (χ4v) is 1.23. The Morgan fingerprint density at radius 2 is 2.25 bits per heavy atom. The summed E-state index contributed by atoms with van der Waals surface area (Å²) in [4.78, 5) is 27.3. The van der Waals surface area contributed by atoms with E-state index in [1.807, 2.05) is 6.92 Å². The lowest BCUT2D eigenvalue weighted by molar-refractivity contribution is -0.136. The van der Waals surface area contributed by atoms with Gasteiger partial charge in [-0.2, -0.15) is 10.1 Å². The zero-order valence-corrected chi connectivity index (χ0v) is 9.01. The summed E-state index contributed by atoms with van der Waals surface area (Å²) in [5.74, 6) is -0.811. The highest BCUT2D eigenvalue weighted by molar-refractivity contribution is 5.91. The van der Waals surface area contributed by atoms with Crippen LogP contribution in [0.15, 0.2) is 6.33 Å². The third kappa shape index (κ3) is 3.34. The molecule has 1 rings (SSSR count). The smallest absolute Gasteiger partial charge is 0.305 e. The van der Waals surface area contributed by atoms with Crippen molar-refractivity contribution in [2.24, 2.45) is 0 Å². The Bertz CT molecular complexity index is 350. The second kappa shape index (κ2) is 5.84. The van der Waals surface area contributed by atoms with Gasteiger partial charge in [0.25, 0.3) is 0 Å². The van der Waals surface area contributed by atoms with Crippen LogP contribution in [0.3, 0.4) is 0 Å². The third-order valence-electron chi connectivity index (χ3n) is 1.97. The van der Waals surface area contributed by atoms with Crippen LogP contribution in [0.5, 0.6) is 0 Å². The number of carboxylic acids is 1. The molecule has 7 heteroatoms. The molecule has 0 unspecified atom stereocenters. The van der Waals surface area contributed by atoms with Gasteiger partial charge >= 0.3 is 5.97 Å². The van der Waals surface area contributed by atoms with E-state index >= 15 is 0 Å². The largest absolute Gasteiger partial charge is 0.481 e. The van der Waals surface area contributed by atoms with Crippen LogP contribution in [0.4, 0.5) is 5.95 Å². The van der Waals surface area contributed by atoms with E-state index in [0.717, 1.165) is 0 Å². The highest BCUT2D eigenvalue weighted by Gasteiger charge is 2.18. The van der Waals surface area contributed by atoms with Gasteiger partial charge in [0.2, 0.25) is 11.9 Å². The number of aliphatic carboxylic acids is 1. The van der Waals surface area contributed by atoms with Crippen molar-refractivity contribution >= 4 is 17.8 Å². The Labute approximate surface area is 92.5 Å². The van der Waals surface area contributed by atoms with Crippen molar-refractivity contribution in [2.75, 3.05) is 11.4 Å². The van der Waals surface area contributed by atoms with Crippen molar-refractivity contribution in [2.45, 2.75) is 26.2 Å². The molecule has 0 aliphatic carbocycles. The number of carbonyl (C=O) groups is 2. The first-order valence-corrected chi connectivity index (χ1v) is 5.02. The van der Waals surface area contributed by atoms with Gasteiger partial charge in [-0.1, -0.05) is 6.92 Å². The summed E-state index contributed by atoms with van der Waals surface area (Å²) >= 11 is 0. The van der Waals surface area contributed by atoms with Crippen LogP contribution in [0, 0.1) is 0 Å². The van der Waals surface area contributed by atoms with Gasteiger partial charge in [0.15, 0.2) is 0 Å². The van der Waals surface area contributed by atoms with Crippen LogP contribution in [0.1, 0.15) is 26.2 Å². The zero-order valence-electron chi connectivity index (χ0n) is 9.01. The normalized spacial score (nSPS) is 10.1. The predicted octanol–water partition coefficient (Wildman–Crippen LogP) is 0.413. The summed E-state index contributed by atoms with van der Waals surface area (Å²) in [6.45, 7) is 1.98. The second-order valence-electron chi connectivity index (χ2n) is 3.25. The standard InChI is InChI=1S/C9H14N4O3/c1-2-3-7(14)13(5-4-8(15)16)9-10-6-11-12-9/h6H,2-5H2,1H3,(H,15,16)(H,10,11,12). The van der Waals surface area contributed by atoms with Crippen LogP contribution in [-0.2, 0) is 9.59 Å². The lowest BCUT2D eigenvalue weighted by Gasteiger charge is -2.18. The van der Waals surface area contributed by atoms with Gasteiger partial charge in [-0.25, -0.2) is 5.10 Å². The quantitative estimate of drug-likeness (QED) is 0.732. The zero-order chi connectivity index (χ0) is 12.0. The minimum atomic E-state index is -0.950. The average molecular weight is 226 g/mol. The van der Waals surface area contributed by atoms with E-state index in [1.54, 1.807) is 0 Å². The molecule has 0 atom stereocenters. The van der Waals surface area contributed by atoms with E-state index in [1.165, 1.54) is 11.2 Å². The van der Waals surface area contributed by atoms with E-state index < -0.39 is 5.97 Å². The maximum Gasteiger partial charge on any atom is 0.305 e. The molecule has 2 N–H and O–H groups in total. The molecule has 0 fully saturated rings. The first kappa shape index (κ1) is 12.2. The predicted molar refractivity (Wildman–Crippen MR) is 55.9 cm³/mol. The summed E-state index contributed by atoms with van der Waals surface area (Å²) in [6, 6.07) is 0. The van der Waals surface area contributed by atoms with E-state index in [4.69, 9.17) is 5.11 Å². The monoisotopic (exact) mass is 226 g/mol. The summed E-state index contributed by atoms with van der Waals surface area (Å²) in [5, 5.41) is 14.8. The molecule has 1 aromatic rings. The molecule has 0 aliphatic rings. The average Bonchev–Trinajstić information content (AvgIpc) is 2.71. The van der Waals surface area contributed by atoms with Crippen LogP contribution in [-0.4, -0.2) is 38.7 Å². The van der Waals surface area contributed by atoms with Crippen molar-refractivity contribution in [3.8, 4) is 0 Å². The van der Waals surface area contributed by atoms with E-state index in [2.05, 4.69) is 15.2 Å². The van der Waals surface area contributed by atoms with Gasteiger partial charge in [-0.05, 0) is 6.42 Å². The first-order valence-electron chi connectivity index (χ1n) is 5.02. The van der Waals surface area contributed by atoms with Crippen molar-refractivity contribution in [1.82, 2.24) is 15.2 Å². The number of amides is 1. The number of anilines is 1. The number of rotatable bonds is 6. The van der Waals surface area contributed by atoms with Gasteiger partial charge in [-0.15, -0.1) is 0 Å². The molecule has 7 nitrogen and oxygen atoms in total. The molecule has 0 spiro atoms. The van der Waals surface area contributed by atoms with Crippen LogP contribution < -0.4 is 4.90 Å². The van der Waals surface area contributed by atoms with Crippen LogP contribution in [0.25, 0.3) is 0 Å². The maximum atomic E-state index is 11.7. The van der Waals surface area contributed by atoms with Crippen molar-refractivity contribution in [3.63, 3.8) is 0 Å². The SMILES string of the molecule is CCCC(=O)N(CCC(=O)O)c1ncn[nH]1. The number of hydrogen-bond acceptors (Lipinski definition) is 4. The Hall–Kier alpha value is -1.92. The van der Waals surface area contributed by atoms with E-state index in [-0.39, 0.29) is 18.9 Å². The molecular formula is C9H14N4O3. The molecule has 0 radical (unpaired) electrons. The minimum absolute atomic E-state index is 0.101. The molecule has 1 heterocycles. The fourth-order valence-electron chi connectivity index (χ4n) is 1.23. The van der Waals surface area contributed by atoms with Gasteiger partial charge < -0.3 is 5.11 Å². The molecule has 1 aromatic heterocycles. The Balaban J connectivity index is 2.69. The van der Waals surface area contributed by atoms with Crippen LogP contribution >= 0.6 is 0 Å². The first-order chi connectivity index (χ1) is 7.65. The van der Waals surface area contributed by atoms with Gasteiger partial charge in [0, 0.05) is 13.0 Å². The molecule has 0 bridgehead atoms. The number of carbonyl (C=O) groups excluding carboxylic acids is 1. The molecule has 0 saturated carbocycles. The molecule has 0 aliphatic heterocycles. The number of H-pyrrole nitrogens is 1. The maximum absolute atomic E-state index is 11.7. The molecule has 0 aromatic carbocycles. The van der Waals surface area contributed by atoms with Crippen molar-refractivity contribution in [1.29, 1.82) is 0 Å². The van der Waals surface area contributed by atoms with Gasteiger partial charge in [0.05, 0.1) is 6.42 Å². The summed E-state index contributed by atoms with van der Waals surface area (Å²) in [6.07, 6.45) is 2.23. The second-order valence-corrected chi connectivity index (χ2v) is 3.25. The highest BCUT2D eigenvalue weighted by Crippen LogP contribution is 2.08. The number of nitrogens with one attached hydrogen (secondary N) is 1. The summed E-state index contributed by atoms with van der Waals surface area (Å²) in [7, 11) is 0. The Kier molecular flexibility index (Phi) is 4.43. The lowest BCUT2D eigenvalue weighted by Crippen LogP contribution is -2.33. The Morgan fingerprint density at radius 3 is 2.75 bits per heavy atom. The van der Waals surface area contributed by atoms with Crippen LogP contribution in [0.2, 0.25) is 0 Å². The summed E-state index contributed by atoms with van der Waals surface area (Å²) < 4.78 is 0. The molecular weight excluding hydrogens is 212 g/mol. The number of carboxylic acid groups (broad SMARTS) is 1. The fraction of sp³-hybridized carbons (Fsp3) is 0.556. The van der Waals surface area contributed by atoms with E-state index in [9.17, 15) is 9.59 Å². The van der Waals surface area contributed by atoms with Crippen molar-refractivity contribution < 1.29 is 14.7 Å². The summed E-state index contributed by atoms with van der Waals surface area (Å²) in [5.41, 5.74) is 0. The van der Waals surface area contributed by atoms with E-state index in [0.29, 0.717) is 18.8 Å². The van der Waals surface area contributed by atoms with Gasteiger partial charge in [-0.3, -0.25) is 14.5 Å². The molecule has 16 heavy (non-hydrogen) atoms. The molecule has 1 amide bonds. The molecule has 88 valence electrons. The highest BCUT2D eigenvalue weighted by atomic mass is 16.4. The van der Waals surface area contributed by atoms with Gasteiger partial charge in [0.1, 0.15) is 6.33 Å². The van der Waals surface area contributed by atoms with Crippen molar-refractivity contribution in [3.05, 3.63) is 6.33 Å². The topological polar surface area (TPSA) is 99.2 Å².